The molecule has 0 bridgehead atoms. The number of aliphatic imine (C=N–C) groups is 1. The normalized spacial score (nSPS) is 15.8. The van der Waals surface area contributed by atoms with Gasteiger partial charge in [0.15, 0.2) is 5.96 Å². The number of aromatic nitrogens is 1. The predicted molar refractivity (Wildman–Crippen MR) is 102 cm³/mol. The summed E-state index contributed by atoms with van der Waals surface area (Å²) in [7, 11) is 7.48. The summed E-state index contributed by atoms with van der Waals surface area (Å²) < 4.78 is 0. The number of hydrogen-bond donors (Lipinski definition) is 2. The van der Waals surface area contributed by atoms with Crippen molar-refractivity contribution in [2.24, 2.45) is 10.9 Å². The number of nitrogens with one attached hydrogen (secondary N) is 2. The molecule has 1 amide bonds. The lowest BCUT2D eigenvalue weighted by Gasteiger charge is -2.34. The van der Waals surface area contributed by atoms with Crippen molar-refractivity contribution in [2.75, 3.05) is 46.2 Å². The fourth-order valence-electron chi connectivity index (χ4n) is 3.03. The number of likely N-dealkylation sites (tertiary alicyclic amines) is 1. The third-order valence-corrected chi connectivity index (χ3v) is 4.56. The molecular formula is C18H30N6O. The third-order valence-electron chi connectivity index (χ3n) is 4.56. The van der Waals surface area contributed by atoms with Crippen LogP contribution in [-0.2, 0) is 11.3 Å². The summed E-state index contributed by atoms with van der Waals surface area (Å²) in [6.45, 7) is 2.49. The molecule has 1 aromatic rings. The summed E-state index contributed by atoms with van der Waals surface area (Å²) in [4.78, 5) is 24.8. The van der Waals surface area contributed by atoms with E-state index in [4.69, 9.17) is 0 Å². The molecular weight excluding hydrogens is 316 g/mol. The van der Waals surface area contributed by atoms with Crippen LogP contribution in [-0.4, -0.2) is 63.0 Å². The summed E-state index contributed by atoms with van der Waals surface area (Å²) in [5.41, 5.74) is 0.988. The lowest BCUT2D eigenvalue weighted by molar-refractivity contribution is -0.121. The Labute approximate surface area is 150 Å². The molecule has 25 heavy (non-hydrogen) atoms. The number of carbonyl (C=O) groups excluding carboxylic acids is 1. The summed E-state index contributed by atoms with van der Waals surface area (Å²) in [5, 5.41) is 6.11. The van der Waals surface area contributed by atoms with Gasteiger partial charge in [0.2, 0.25) is 5.91 Å². The maximum atomic E-state index is 11.5. The molecule has 0 atom stereocenters. The Hall–Kier alpha value is -2.31. The van der Waals surface area contributed by atoms with Crippen molar-refractivity contribution >= 4 is 17.7 Å². The van der Waals surface area contributed by atoms with E-state index in [0.717, 1.165) is 43.4 Å². The quantitative estimate of drug-likeness (QED) is 0.616. The van der Waals surface area contributed by atoms with Crippen LogP contribution in [0.1, 0.15) is 25.0 Å². The first-order chi connectivity index (χ1) is 12.0. The molecule has 2 N–H and O–H groups in total. The average Bonchev–Trinajstić information content (AvgIpc) is 2.63. The van der Waals surface area contributed by atoms with Crippen molar-refractivity contribution in [3.63, 3.8) is 0 Å². The predicted octanol–water partition coefficient (Wildman–Crippen LogP) is 1.07. The van der Waals surface area contributed by atoms with Gasteiger partial charge in [-0.15, -0.1) is 0 Å². The van der Waals surface area contributed by atoms with E-state index >= 15 is 0 Å². The van der Waals surface area contributed by atoms with Crippen molar-refractivity contribution in [3.05, 3.63) is 23.9 Å². The first-order valence-electron chi connectivity index (χ1n) is 8.83. The van der Waals surface area contributed by atoms with Crippen LogP contribution in [0.2, 0.25) is 0 Å². The van der Waals surface area contributed by atoms with Gasteiger partial charge in [0.05, 0.1) is 12.2 Å². The van der Waals surface area contributed by atoms with Crippen molar-refractivity contribution in [3.8, 4) is 0 Å². The molecule has 1 saturated heterocycles. The van der Waals surface area contributed by atoms with Gasteiger partial charge in [-0.3, -0.25) is 9.79 Å². The Balaban J connectivity index is 1.85. The molecule has 2 rings (SSSR count). The molecule has 0 aliphatic carbocycles. The molecule has 2 heterocycles. The SMILES string of the molecule is CN=C(NCc1cccc(N(C)C)n1)N1CCC(CC(=O)NC)CC1. The van der Waals surface area contributed by atoms with Crippen LogP contribution < -0.4 is 15.5 Å². The molecule has 0 unspecified atom stereocenters. The molecule has 0 saturated carbocycles. The monoisotopic (exact) mass is 346 g/mol. The number of piperidine rings is 1. The molecule has 7 nitrogen and oxygen atoms in total. The van der Waals surface area contributed by atoms with E-state index < -0.39 is 0 Å². The number of nitrogens with zero attached hydrogens (tertiary/aromatic N) is 4. The fourth-order valence-corrected chi connectivity index (χ4v) is 3.03. The van der Waals surface area contributed by atoms with Gasteiger partial charge < -0.3 is 20.4 Å². The maximum Gasteiger partial charge on any atom is 0.220 e. The summed E-state index contributed by atoms with van der Waals surface area (Å²) in [6, 6.07) is 6.03. The standard InChI is InChI=1S/C18H30N6O/c1-19-17(25)12-14-8-10-24(11-9-14)18(20-2)21-13-15-6-5-7-16(22-15)23(3)4/h5-7,14H,8-13H2,1-4H3,(H,19,25)(H,20,21). The molecule has 138 valence electrons. The molecule has 1 fully saturated rings. The Kier molecular flexibility index (Phi) is 7.03. The molecule has 7 heteroatoms. The highest BCUT2D eigenvalue weighted by Crippen LogP contribution is 2.20. The minimum Gasteiger partial charge on any atom is -0.363 e. The van der Waals surface area contributed by atoms with Crippen molar-refractivity contribution in [2.45, 2.75) is 25.8 Å². The maximum absolute atomic E-state index is 11.5. The Morgan fingerprint density at radius 3 is 2.68 bits per heavy atom. The molecule has 1 aromatic heterocycles. The van der Waals surface area contributed by atoms with Gasteiger partial charge in [0.25, 0.3) is 0 Å². The van der Waals surface area contributed by atoms with Crippen LogP contribution in [0.3, 0.4) is 0 Å². The number of carbonyl (C=O) groups is 1. The van der Waals surface area contributed by atoms with E-state index in [2.05, 4.69) is 25.5 Å². The van der Waals surface area contributed by atoms with Crippen molar-refractivity contribution in [1.29, 1.82) is 0 Å². The molecule has 0 spiro atoms. The fraction of sp³-hybridized carbons (Fsp3) is 0.611. The van der Waals surface area contributed by atoms with Gasteiger partial charge in [0, 0.05) is 47.7 Å². The summed E-state index contributed by atoms with van der Waals surface area (Å²) in [6.07, 6.45) is 2.66. The number of rotatable bonds is 5. The number of pyridine rings is 1. The van der Waals surface area contributed by atoms with Gasteiger partial charge in [0.1, 0.15) is 5.82 Å². The second kappa shape index (κ2) is 9.25. The minimum absolute atomic E-state index is 0.132. The minimum atomic E-state index is 0.132. The van der Waals surface area contributed by atoms with Crippen LogP contribution in [0, 0.1) is 5.92 Å². The smallest absolute Gasteiger partial charge is 0.220 e. The van der Waals surface area contributed by atoms with E-state index in [1.165, 1.54) is 0 Å². The third kappa shape index (κ3) is 5.62. The van der Waals surface area contributed by atoms with Crippen LogP contribution in [0.4, 0.5) is 5.82 Å². The number of hydrogen-bond acceptors (Lipinski definition) is 4. The highest BCUT2D eigenvalue weighted by atomic mass is 16.1. The Morgan fingerprint density at radius 2 is 2.08 bits per heavy atom. The highest BCUT2D eigenvalue weighted by molar-refractivity contribution is 5.80. The second-order valence-corrected chi connectivity index (χ2v) is 6.59. The molecule has 1 aliphatic heterocycles. The zero-order valence-corrected chi connectivity index (χ0v) is 15.7. The van der Waals surface area contributed by atoms with Gasteiger partial charge in [-0.05, 0) is 30.9 Å². The zero-order valence-electron chi connectivity index (χ0n) is 15.7. The van der Waals surface area contributed by atoms with E-state index in [0.29, 0.717) is 18.9 Å². The Bertz CT molecular complexity index is 593. The first-order valence-corrected chi connectivity index (χ1v) is 8.83. The Morgan fingerprint density at radius 1 is 1.36 bits per heavy atom. The van der Waals surface area contributed by atoms with E-state index in [1.54, 1.807) is 7.05 Å². The van der Waals surface area contributed by atoms with Crippen molar-refractivity contribution in [1.82, 2.24) is 20.5 Å². The van der Waals surface area contributed by atoms with Gasteiger partial charge in [-0.1, -0.05) is 6.07 Å². The first kappa shape index (κ1) is 19.0. The number of anilines is 1. The largest absolute Gasteiger partial charge is 0.363 e. The van der Waals surface area contributed by atoms with Crippen molar-refractivity contribution < 1.29 is 4.79 Å². The van der Waals surface area contributed by atoms with E-state index in [9.17, 15) is 4.79 Å². The van der Waals surface area contributed by atoms with Crippen LogP contribution >= 0.6 is 0 Å². The lowest BCUT2D eigenvalue weighted by atomic mass is 9.93. The summed E-state index contributed by atoms with van der Waals surface area (Å²) in [5.74, 6) is 2.44. The van der Waals surface area contributed by atoms with Crippen LogP contribution in [0.15, 0.2) is 23.2 Å². The highest BCUT2D eigenvalue weighted by Gasteiger charge is 2.23. The van der Waals surface area contributed by atoms with Gasteiger partial charge in [-0.2, -0.15) is 0 Å². The van der Waals surface area contributed by atoms with E-state index in [-0.39, 0.29) is 5.91 Å². The molecule has 0 radical (unpaired) electrons. The van der Waals surface area contributed by atoms with Crippen LogP contribution in [0.5, 0.6) is 0 Å². The summed E-state index contributed by atoms with van der Waals surface area (Å²) >= 11 is 0. The van der Waals surface area contributed by atoms with E-state index in [1.807, 2.05) is 44.2 Å². The number of amides is 1. The molecule has 1 aliphatic rings. The zero-order chi connectivity index (χ0) is 18.2. The van der Waals surface area contributed by atoms with Gasteiger partial charge >= 0.3 is 0 Å². The second-order valence-electron chi connectivity index (χ2n) is 6.59. The number of guanidine groups is 1. The van der Waals surface area contributed by atoms with Gasteiger partial charge in [-0.25, -0.2) is 4.98 Å². The molecule has 0 aromatic carbocycles. The average molecular weight is 346 g/mol. The van der Waals surface area contributed by atoms with Crippen LogP contribution in [0.25, 0.3) is 0 Å². The topological polar surface area (TPSA) is 72.9 Å². The lowest BCUT2D eigenvalue weighted by Crippen LogP contribution is -2.45.